The smallest absolute Gasteiger partial charge is 0.145 e. The topological polar surface area (TPSA) is 80.0 Å². The van der Waals surface area contributed by atoms with E-state index in [-0.39, 0.29) is 0 Å². The second-order valence-electron chi connectivity index (χ2n) is 5.64. The SMILES string of the molecule is C[C@@H]1CNC[C@@H]1Nc1cncc(-c2cnn3ccncc23)n1. The quantitative estimate of drug-likeness (QED) is 0.756. The van der Waals surface area contributed by atoms with Crippen LogP contribution in [0.5, 0.6) is 0 Å². The summed E-state index contributed by atoms with van der Waals surface area (Å²) in [5.41, 5.74) is 2.65. The predicted molar refractivity (Wildman–Crippen MR) is 83.5 cm³/mol. The van der Waals surface area contributed by atoms with Crippen LogP contribution in [-0.2, 0) is 0 Å². The summed E-state index contributed by atoms with van der Waals surface area (Å²) in [7, 11) is 0. The normalized spacial score (nSPS) is 21.3. The molecule has 0 aliphatic carbocycles. The van der Waals surface area contributed by atoms with Crippen LogP contribution >= 0.6 is 0 Å². The minimum absolute atomic E-state index is 0.384. The van der Waals surface area contributed by atoms with E-state index < -0.39 is 0 Å². The number of anilines is 1. The molecule has 3 aromatic rings. The Morgan fingerprint density at radius 1 is 1.18 bits per heavy atom. The van der Waals surface area contributed by atoms with Gasteiger partial charge in [-0.1, -0.05) is 6.92 Å². The Morgan fingerprint density at radius 2 is 2.14 bits per heavy atom. The van der Waals surface area contributed by atoms with Crippen LogP contribution in [0.15, 0.2) is 37.2 Å². The van der Waals surface area contributed by atoms with Crippen molar-refractivity contribution >= 4 is 11.3 Å². The summed E-state index contributed by atoms with van der Waals surface area (Å²) >= 11 is 0. The number of fused-ring (bicyclic) bond motifs is 1. The molecule has 4 rings (SSSR count). The largest absolute Gasteiger partial charge is 0.364 e. The third kappa shape index (κ3) is 2.29. The number of hydrogen-bond acceptors (Lipinski definition) is 6. The minimum Gasteiger partial charge on any atom is -0.364 e. The Morgan fingerprint density at radius 3 is 3.00 bits per heavy atom. The molecule has 3 aromatic heterocycles. The lowest BCUT2D eigenvalue weighted by Gasteiger charge is -2.16. The summed E-state index contributed by atoms with van der Waals surface area (Å²) < 4.78 is 1.78. The average Bonchev–Trinajstić information content (AvgIpc) is 3.14. The van der Waals surface area contributed by atoms with Crippen molar-refractivity contribution in [3.63, 3.8) is 0 Å². The third-order valence-electron chi connectivity index (χ3n) is 4.09. The van der Waals surface area contributed by atoms with E-state index in [2.05, 4.69) is 37.6 Å². The molecule has 0 saturated carbocycles. The molecule has 0 aromatic carbocycles. The number of hydrogen-bond donors (Lipinski definition) is 2. The van der Waals surface area contributed by atoms with Gasteiger partial charge in [-0.15, -0.1) is 0 Å². The summed E-state index contributed by atoms with van der Waals surface area (Å²) in [6.07, 6.45) is 10.6. The van der Waals surface area contributed by atoms with E-state index in [0.717, 1.165) is 35.7 Å². The van der Waals surface area contributed by atoms with Gasteiger partial charge in [-0.2, -0.15) is 5.10 Å². The Kier molecular flexibility index (Phi) is 3.19. The first-order valence-corrected chi connectivity index (χ1v) is 7.38. The van der Waals surface area contributed by atoms with Gasteiger partial charge in [-0.3, -0.25) is 9.97 Å². The zero-order chi connectivity index (χ0) is 14.9. The molecule has 0 radical (unpaired) electrons. The van der Waals surface area contributed by atoms with Crippen molar-refractivity contribution < 1.29 is 0 Å². The average molecular weight is 295 g/mol. The molecule has 1 fully saturated rings. The van der Waals surface area contributed by atoms with E-state index >= 15 is 0 Å². The molecule has 0 amide bonds. The van der Waals surface area contributed by atoms with E-state index in [1.165, 1.54) is 0 Å². The maximum atomic E-state index is 4.68. The number of nitrogens with zero attached hydrogens (tertiary/aromatic N) is 5. The fourth-order valence-electron chi connectivity index (χ4n) is 2.79. The first-order valence-electron chi connectivity index (χ1n) is 7.38. The zero-order valence-electron chi connectivity index (χ0n) is 12.3. The van der Waals surface area contributed by atoms with Crippen molar-refractivity contribution in [2.75, 3.05) is 18.4 Å². The van der Waals surface area contributed by atoms with Crippen LogP contribution in [0, 0.1) is 5.92 Å². The minimum atomic E-state index is 0.384. The van der Waals surface area contributed by atoms with Crippen LogP contribution in [0.4, 0.5) is 5.82 Å². The lowest BCUT2D eigenvalue weighted by atomic mass is 10.1. The van der Waals surface area contributed by atoms with Crippen molar-refractivity contribution in [3.05, 3.63) is 37.2 Å². The summed E-state index contributed by atoms with van der Waals surface area (Å²) in [4.78, 5) is 13.1. The van der Waals surface area contributed by atoms with Crippen LogP contribution in [0.3, 0.4) is 0 Å². The van der Waals surface area contributed by atoms with Gasteiger partial charge in [-0.25, -0.2) is 9.50 Å². The van der Waals surface area contributed by atoms with Gasteiger partial charge in [0.25, 0.3) is 0 Å². The number of rotatable bonds is 3. The lowest BCUT2D eigenvalue weighted by Crippen LogP contribution is -2.27. The van der Waals surface area contributed by atoms with Gasteiger partial charge in [0.05, 0.1) is 36.0 Å². The first kappa shape index (κ1) is 13.1. The molecule has 22 heavy (non-hydrogen) atoms. The van der Waals surface area contributed by atoms with E-state index in [1.54, 1.807) is 35.5 Å². The van der Waals surface area contributed by atoms with Gasteiger partial charge in [-0.05, 0) is 12.5 Å². The van der Waals surface area contributed by atoms with Crippen molar-refractivity contribution in [1.29, 1.82) is 0 Å². The molecule has 1 aliphatic rings. The first-order chi connectivity index (χ1) is 10.8. The predicted octanol–water partition coefficient (Wildman–Crippen LogP) is 1.21. The van der Waals surface area contributed by atoms with Crippen LogP contribution < -0.4 is 10.6 Å². The highest BCUT2D eigenvalue weighted by molar-refractivity contribution is 5.76. The highest BCUT2D eigenvalue weighted by atomic mass is 15.2. The lowest BCUT2D eigenvalue weighted by molar-refractivity contribution is 0.593. The second-order valence-corrected chi connectivity index (χ2v) is 5.64. The molecule has 2 atom stereocenters. The number of nitrogens with one attached hydrogen (secondary N) is 2. The maximum Gasteiger partial charge on any atom is 0.145 e. The molecule has 1 saturated heterocycles. The Bertz CT molecular complexity index is 797. The van der Waals surface area contributed by atoms with E-state index in [9.17, 15) is 0 Å². The molecule has 0 unspecified atom stereocenters. The van der Waals surface area contributed by atoms with Crippen molar-refractivity contribution in [2.45, 2.75) is 13.0 Å². The molecule has 2 N–H and O–H groups in total. The molecule has 7 heteroatoms. The van der Waals surface area contributed by atoms with E-state index in [4.69, 9.17) is 0 Å². The van der Waals surface area contributed by atoms with Gasteiger partial charge in [0.1, 0.15) is 5.82 Å². The highest BCUT2D eigenvalue weighted by Crippen LogP contribution is 2.23. The van der Waals surface area contributed by atoms with Gasteiger partial charge >= 0.3 is 0 Å². The molecule has 4 heterocycles. The molecular weight excluding hydrogens is 278 g/mol. The molecule has 0 spiro atoms. The molecule has 0 bridgehead atoms. The van der Waals surface area contributed by atoms with Crippen molar-refractivity contribution in [1.82, 2.24) is 29.9 Å². The molecule has 1 aliphatic heterocycles. The van der Waals surface area contributed by atoms with E-state index in [1.807, 2.05) is 6.20 Å². The van der Waals surface area contributed by atoms with Gasteiger partial charge in [0.15, 0.2) is 0 Å². The number of aromatic nitrogens is 5. The molecule has 7 nitrogen and oxygen atoms in total. The van der Waals surface area contributed by atoms with Crippen LogP contribution in [0.1, 0.15) is 6.92 Å². The summed E-state index contributed by atoms with van der Waals surface area (Å²) in [5, 5.41) is 11.2. The summed E-state index contributed by atoms with van der Waals surface area (Å²) in [6.45, 7) is 4.21. The Balaban J connectivity index is 1.67. The highest BCUT2D eigenvalue weighted by Gasteiger charge is 2.23. The fraction of sp³-hybridized carbons (Fsp3) is 0.333. The third-order valence-corrected chi connectivity index (χ3v) is 4.09. The zero-order valence-corrected chi connectivity index (χ0v) is 12.3. The standard InChI is InChI=1S/C15H17N7/c1-10-4-17-6-12(10)20-15-9-18-7-13(21-15)11-5-19-22-3-2-16-8-14(11)22/h2-3,5,7-10,12,17H,4,6H2,1H3,(H,20,21)/t10-,12+/m1/s1. The van der Waals surface area contributed by atoms with Gasteiger partial charge in [0.2, 0.25) is 0 Å². The monoisotopic (exact) mass is 295 g/mol. The second kappa shape index (κ2) is 5.34. The molecule has 112 valence electrons. The van der Waals surface area contributed by atoms with Gasteiger partial charge < -0.3 is 10.6 Å². The fourth-order valence-corrected chi connectivity index (χ4v) is 2.79. The van der Waals surface area contributed by atoms with E-state index in [0.29, 0.717) is 12.0 Å². The Labute approximate surface area is 127 Å². The summed E-state index contributed by atoms with van der Waals surface area (Å²) in [6, 6.07) is 0.384. The molecular formula is C15H17N7. The Hall–Kier alpha value is -2.54. The maximum absolute atomic E-state index is 4.68. The van der Waals surface area contributed by atoms with Gasteiger partial charge in [0, 0.05) is 30.5 Å². The summed E-state index contributed by atoms with van der Waals surface area (Å²) in [5.74, 6) is 1.37. The van der Waals surface area contributed by atoms with Crippen LogP contribution in [0.2, 0.25) is 0 Å². The van der Waals surface area contributed by atoms with Crippen molar-refractivity contribution in [2.24, 2.45) is 5.92 Å². The van der Waals surface area contributed by atoms with Crippen molar-refractivity contribution in [3.8, 4) is 11.3 Å². The van der Waals surface area contributed by atoms with Crippen LogP contribution in [0.25, 0.3) is 16.8 Å². The van der Waals surface area contributed by atoms with Crippen LogP contribution in [-0.4, -0.2) is 43.7 Å².